The summed E-state index contributed by atoms with van der Waals surface area (Å²) in [7, 11) is 0. The summed E-state index contributed by atoms with van der Waals surface area (Å²) in [5.74, 6) is 0.0990. The molecule has 0 spiro atoms. The van der Waals surface area contributed by atoms with Crippen LogP contribution >= 0.6 is 0 Å². The highest BCUT2D eigenvalue weighted by Crippen LogP contribution is 2.13. The molecule has 0 fully saturated rings. The third-order valence-corrected chi connectivity index (χ3v) is 3.23. The molecule has 1 N–H and O–H groups in total. The van der Waals surface area contributed by atoms with Crippen molar-refractivity contribution in [2.24, 2.45) is 0 Å². The average molecular weight is 297 g/mol. The molecule has 0 saturated heterocycles. The van der Waals surface area contributed by atoms with Crippen LogP contribution in [0.2, 0.25) is 0 Å². The molecule has 0 bridgehead atoms. The lowest BCUT2D eigenvalue weighted by Crippen LogP contribution is -2.21. The van der Waals surface area contributed by atoms with Crippen molar-refractivity contribution in [3.8, 4) is 5.75 Å². The molecule has 22 heavy (non-hydrogen) atoms. The monoisotopic (exact) mass is 297 g/mol. The van der Waals surface area contributed by atoms with Crippen LogP contribution in [0.1, 0.15) is 25.1 Å². The maximum atomic E-state index is 12.6. The van der Waals surface area contributed by atoms with E-state index in [4.69, 9.17) is 10.1 Å². The number of aromatic nitrogens is 2. The zero-order valence-electron chi connectivity index (χ0n) is 13.0. The van der Waals surface area contributed by atoms with Crippen molar-refractivity contribution in [1.29, 1.82) is 5.41 Å². The summed E-state index contributed by atoms with van der Waals surface area (Å²) in [5, 5.41) is 7.47. The summed E-state index contributed by atoms with van der Waals surface area (Å²) in [4.78, 5) is 16.9. The van der Waals surface area contributed by atoms with E-state index in [1.54, 1.807) is 12.3 Å². The highest BCUT2D eigenvalue weighted by atomic mass is 16.5. The summed E-state index contributed by atoms with van der Waals surface area (Å²) < 4.78 is 7.09. The van der Waals surface area contributed by atoms with Crippen LogP contribution in [0.15, 0.2) is 46.9 Å². The molecule has 0 atom stereocenters. The molecular formula is C17H19N3O2. The van der Waals surface area contributed by atoms with Gasteiger partial charge in [-0.1, -0.05) is 24.3 Å². The summed E-state index contributed by atoms with van der Waals surface area (Å²) in [5.41, 5.74) is 2.34. The van der Waals surface area contributed by atoms with Gasteiger partial charge in [0.25, 0.3) is 0 Å². The standard InChI is InChI=1S/C17H19N3O2/c1-4-6-13(5-2)11-22-16-14(9-18)19-15-8-7-12(3)10-20(15)17(16)21/h4-10,18H,11H2,1-3H3/b6-4-,13-5+,18-9?. The second kappa shape index (κ2) is 6.85. The molecule has 0 aliphatic heterocycles. The zero-order valence-corrected chi connectivity index (χ0v) is 13.0. The van der Waals surface area contributed by atoms with Crippen LogP contribution in [0.3, 0.4) is 0 Å². The fourth-order valence-corrected chi connectivity index (χ4v) is 2.08. The first kappa shape index (κ1) is 15.7. The van der Waals surface area contributed by atoms with Crippen molar-refractivity contribution in [2.75, 3.05) is 6.61 Å². The lowest BCUT2D eigenvalue weighted by molar-refractivity contribution is 0.347. The molecular weight excluding hydrogens is 278 g/mol. The van der Waals surface area contributed by atoms with E-state index in [1.165, 1.54) is 4.40 Å². The number of nitrogens with zero attached hydrogens (tertiary/aromatic N) is 2. The van der Waals surface area contributed by atoms with E-state index in [2.05, 4.69) is 4.98 Å². The Kier molecular flexibility index (Phi) is 4.88. The van der Waals surface area contributed by atoms with Crippen molar-refractivity contribution < 1.29 is 4.74 Å². The van der Waals surface area contributed by atoms with Gasteiger partial charge in [-0.25, -0.2) is 4.98 Å². The van der Waals surface area contributed by atoms with Gasteiger partial charge in [-0.05, 0) is 38.0 Å². The molecule has 5 nitrogen and oxygen atoms in total. The van der Waals surface area contributed by atoms with Gasteiger partial charge in [0.1, 0.15) is 17.9 Å². The average Bonchev–Trinajstić information content (AvgIpc) is 2.53. The first-order valence-corrected chi connectivity index (χ1v) is 7.05. The van der Waals surface area contributed by atoms with Crippen LogP contribution < -0.4 is 10.3 Å². The fraction of sp³-hybridized carbons (Fsp3) is 0.235. The minimum absolute atomic E-state index is 0.0990. The number of allylic oxidation sites excluding steroid dienone is 2. The molecule has 0 aromatic carbocycles. The smallest absolute Gasteiger partial charge is 0.300 e. The van der Waals surface area contributed by atoms with E-state index >= 15 is 0 Å². The van der Waals surface area contributed by atoms with Gasteiger partial charge in [-0.15, -0.1) is 0 Å². The predicted octanol–water partition coefficient (Wildman–Crippen LogP) is 2.90. The molecule has 5 heteroatoms. The maximum Gasteiger partial charge on any atom is 0.300 e. The minimum Gasteiger partial charge on any atom is -0.481 e. The molecule has 0 unspecified atom stereocenters. The van der Waals surface area contributed by atoms with Gasteiger partial charge in [-0.3, -0.25) is 9.20 Å². The van der Waals surface area contributed by atoms with Gasteiger partial charge in [0, 0.05) is 12.4 Å². The van der Waals surface area contributed by atoms with E-state index in [9.17, 15) is 4.79 Å². The molecule has 0 radical (unpaired) electrons. The Balaban J connectivity index is 2.50. The normalized spacial score (nSPS) is 12.0. The van der Waals surface area contributed by atoms with E-state index in [-0.39, 0.29) is 23.6 Å². The number of ether oxygens (including phenoxy) is 1. The van der Waals surface area contributed by atoms with Crippen LogP contribution in [-0.2, 0) is 0 Å². The zero-order chi connectivity index (χ0) is 16.1. The van der Waals surface area contributed by atoms with Crippen LogP contribution in [0.4, 0.5) is 0 Å². The second-order valence-corrected chi connectivity index (χ2v) is 4.86. The fourth-order valence-electron chi connectivity index (χ4n) is 2.08. The second-order valence-electron chi connectivity index (χ2n) is 4.86. The van der Waals surface area contributed by atoms with Crippen LogP contribution in [0, 0.1) is 12.3 Å². The largest absolute Gasteiger partial charge is 0.481 e. The van der Waals surface area contributed by atoms with Gasteiger partial charge in [0.2, 0.25) is 5.75 Å². The van der Waals surface area contributed by atoms with Crippen LogP contribution in [0.25, 0.3) is 5.65 Å². The number of aryl methyl sites for hydroxylation is 1. The van der Waals surface area contributed by atoms with E-state index in [0.717, 1.165) is 17.4 Å². The quantitative estimate of drug-likeness (QED) is 0.681. The Morgan fingerprint density at radius 1 is 1.41 bits per heavy atom. The number of rotatable bonds is 5. The molecule has 2 aromatic rings. The highest BCUT2D eigenvalue weighted by Gasteiger charge is 2.13. The van der Waals surface area contributed by atoms with Gasteiger partial charge < -0.3 is 10.1 Å². The number of hydrogen-bond acceptors (Lipinski definition) is 4. The van der Waals surface area contributed by atoms with Crippen molar-refractivity contribution in [2.45, 2.75) is 20.8 Å². The van der Waals surface area contributed by atoms with Crippen molar-refractivity contribution in [3.63, 3.8) is 0 Å². The maximum absolute atomic E-state index is 12.6. The first-order chi connectivity index (χ1) is 10.6. The Bertz CT molecular complexity index is 816. The number of pyridine rings is 1. The van der Waals surface area contributed by atoms with Crippen molar-refractivity contribution in [1.82, 2.24) is 9.38 Å². The molecule has 2 aromatic heterocycles. The molecule has 0 aliphatic carbocycles. The van der Waals surface area contributed by atoms with Gasteiger partial charge in [0.15, 0.2) is 0 Å². The number of nitrogens with one attached hydrogen (secondary N) is 1. The summed E-state index contributed by atoms with van der Waals surface area (Å²) in [6, 6.07) is 3.63. The lowest BCUT2D eigenvalue weighted by atomic mass is 10.2. The topological polar surface area (TPSA) is 67.4 Å². The molecule has 0 aliphatic rings. The lowest BCUT2D eigenvalue weighted by Gasteiger charge is -2.10. The van der Waals surface area contributed by atoms with E-state index < -0.39 is 0 Å². The molecule has 0 amide bonds. The van der Waals surface area contributed by atoms with Gasteiger partial charge >= 0.3 is 5.56 Å². The van der Waals surface area contributed by atoms with Gasteiger partial charge in [-0.2, -0.15) is 0 Å². The van der Waals surface area contributed by atoms with Crippen LogP contribution in [0.5, 0.6) is 5.75 Å². The SMILES string of the molecule is C/C=C\C(=C/C)COc1c(C=N)nc2ccc(C)cn2c1=O. The number of fused-ring (bicyclic) bond motifs is 1. The Labute approximate surface area is 129 Å². The summed E-state index contributed by atoms with van der Waals surface area (Å²) in [6.07, 6.45) is 8.50. The highest BCUT2D eigenvalue weighted by molar-refractivity contribution is 5.79. The predicted molar refractivity (Wildman–Crippen MR) is 88.2 cm³/mol. The van der Waals surface area contributed by atoms with Gasteiger partial charge in [0.05, 0.1) is 0 Å². The summed E-state index contributed by atoms with van der Waals surface area (Å²) >= 11 is 0. The summed E-state index contributed by atoms with van der Waals surface area (Å²) in [6.45, 7) is 5.99. The number of hydrogen-bond donors (Lipinski definition) is 1. The van der Waals surface area contributed by atoms with E-state index in [0.29, 0.717) is 5.65 Å². The molecule has 2 heterocycles. The Morgan fingerprint density at radius 2 is 2.18 bits per heavy atom. The Hall–Kier alpha value is -2.69. The first-order valence-electron chi connectivity index (χ1n) is 7.05. The molecule has 114 valence electrons. The van der Waals surface area contributed by atoms with Crippen molar-refractivity contribution >= 4 is 11.9 Å². The molecule has 2 rings (SSSR count). The van der Waals surface area contributed by atoms with Crippen LogP contribution in [-0.4, -0.2) is 22.2 Å². The third-order valence-electron chi connectivity index (χ3n) is 3.23. The third kappa shape index (κ3) is 3.14. The Morgan fingerprint density at radius 3 is 2.82 bits per heavy atom. The minimum atomic E-state index is -0.303. The molecule has 0 saturated carbocycles. The van der Waals surface area contributed by atoms with Crippen molar-refractivity contribution in [3.05, 3.63) is 63.7 Å². The van der Waals surface area contributed by atoms with E-state index in [1.807, 2.05) is 45.1 Å².